The van der Waals surface area contributed by atoms with Gasteiger partial charge in [-0.1, -0.05) is 235 Å². The highest BCUT2D eigenvalue weighted by atomic mass is 15.2. The molecule has 2 aliphatic rings. The van der Waals surface area contributed by atoms with Crippen molar-refractivity contribution in [2.75, 3.05) is 9.80 Å². The zero-order chi connectivity index (χ0) is 67.0. The molecule has 0 atom stereocenters. The molecule has 0 spiro atoms. The number of benzene rings is 11. The fourth-order valence-electron chi connectivity index (χ4n) is 13.6. The lowest BCUT2D eigenvalue weighted by Crippen LogP contribution is -2.61. The van der Waals surface area contributed by atoms with Crippen molar-refractivity contribution in [2.24, 2.45) is 0 Å². The fraction of sp³-hybridized carbons (Fsp3) is 0.195. The van der Waals surface area contributed by atoms with Crippen LogP contribution in [-0.4, -0.2) is 15.8 Å². The highest BCUT2D eigenvalue weighted by Crippen LogP contribution is 2.48. The lowest BCUT2D eigenvalue weighted by molar-refractivity contribution is 0.568. The molecule has 426 valence electrons. The molecule has 0 saturated carbocycles. The number of hydrogen-bond donors (Lipinski definition) is 0. The van der Waals surface area contributed by atoms with Crippen molar-refractivity contribution in [1.29, 1.82) is 0 Å². The summed E-state index contributed by atoms with van der Waals surface area (Å²) in [6.45, 7) is 26.9. The van der Waals surface area contributed by atoms with Gasteiger partial charge in [-0.2, -0.15) is 0 Å². The molecular weight excluding hydrogens is 1050 g/mol. The minimum atomic E-state index is -0.483. The van der Waals surface area contributed by atoms with Gasteiger partial charge in [0.1, 0.15) is 0 Å². The summed E-state index contributed by atoms with van der Waals surface area (Å²) >= 11 is 0. The number of anilines is 6. The highest BCUT2D eigenvalue weighted by Gasteiger charge is 2.44. The standard InChI is InChI=1S/C82H75BN4/c1-79(2,3)56-43-54(44-57(48-56)80(4,5)6)52-35-37-60(38-36-52)84-74-33-22-34-75-78(74)83(68-41-39-62(50-76(68)84)85-70-29-17-13-25-64(70)65-26-14-18-30-71(65)85)69-42-40-63(86-72-31-19-15-27-66(72)67-28-16-20-32-73(67)86)51-77(69)87(75)61-24-21-23-53(47-61)55-45-58(81(7,8)9)49-59(46-55)82(10,11)12/h13-51H,1-12H3/i13D,14D,17D,18D,25D,26D,29D,30D. The first kappa shape index (κ1) is 46.0. The number of hydrogen-bond acceptors (Lipinski definition) is 2. The molecule has 0 amide bonds. The van der Waals surface area contributed by atoms with Crippen molar-refractivity contribution in [1.82, 2.24) is 9.13 Å². The predicted molar refractivity (Wildman–Crippen MR) is 375 cm³/mol. The van der Waals surface area contributed by atoms with Gasteiger partial charge >= 0.3 is 0 Å². The van der Waals surface area contributed by atoms with Crippen molar-refractivity contribution < 1.29 is 11.0 Å². The maximum atomic E-state index is 9.55. The Hall–Kier alpha value is -9.32. The fourth-order valence-corrected chi connectivity index (χ4v) is 13.6. The molecule has 11 aromatic carbocycles. The van der Waals surface area contributed by atoms with Crippen molar-refractivity contribution in [2.45, 2.75) is 105 Å². The van der Waals surface area contributed by atoms with E-state index >= 15 is 0 Å². The Morgan fingerprint density at radius 2 is 0.713 bits per heavy atom. The quantitative estimate of drug-likeness (QED) is 0.154. The summed E-state index contributed by atoms with van der Waals surface area (Å²) in [5.74, 6) is 0. The van der Waals surface area contributed by atoms with Crippen LogP contribution in [0.1, 0.15) is 116 Å². The Morgan fingerprint density at radius 3 is 1.20 bits per heavy atom. The second kappa shape index (κ2) is 19.6. The molecule has 2 aliphatic heterocycles. The summed E-state index contributed by atoms with van der Waals surface area (Å²) in [5.41, 5.74) is 21.7. The first-order chi connectivity index (χ1) is 45.0. The first-order valence-electron chi connectivity index (χ1n) is 34.5. The van der Waals surface area contributed by atoms with Crippen LogP contribution < -0.4 is 26.2 Å². The largest absolute Gasteiger partial charge is 0.311 e. The summed E-state index contributed by atoms with van der Waals surface area (Å²) in [6, 6.07) is 65.4. The van der Waals surface area contributed by atoms with Crippen LogP contribution in [0.2, 0.25) is 0 Å². The molecule has 4 heterocycles. The van der Waals surface area contributed by atoms with Crippen LogP contribution >= 0.6 is 0 Å². The van der Waals surface area contributed by atoms with Crippen LogP contribution in [0.3, 0.4) is 0 Å². The molecule has 0 N–H and O–H groups in total. The number of rotatable bonds is 6. The molecule has 0 aliphatic carbocycles. The van der Waals surface area contributed by atoms with Crippen molar-refractivity contribution in [3.8, 4) is 33.6 Å². The van der Waals surface area contributed by atoms with E-state index in [0.717, 1.165) is 89.5 Å². The summed E-state index contributed by atoms with van der Waals surface area (Å²) in [7, 11) is 0. The molecule has 0 unspecified atom stereocenters. The van der Waals surface area contributed by atoms with Gasteiger partial charge in [0, 0.05) is 67.0 Å². The Labute approximate surface area is 525 Å². The molecule has 5 heteroatoms. The average molecular weight is 1140 g/mol. The van der Waals surface area contributed by atoms with Gasteiger partial charge in [0.15, 0.2) is 0 Å². The topological polar surface area (TPSA) is 16.3 Å². The van der Waals surface area contributed by atoms with Gasteiger partial charge in [-0.3, -0.25) is 0 Å². The molecule has 2 aromatic heterocycles. The minimum absolute atomic E-state index is 0.0317. The summed E-state index contributed by atoms with van der Waals surface area (Å²) in [6.07, 6.45) is 0. The molecule has 0 saturated heterocycles. The number of para-hydroxylation sites is 4. The molecule has 0 radical (unpaired) electrons. The zero-order valence-electron chi connectivity index (χ0n) is 59.8. The van der Waals surface area contributed by atoms with Crippen LogP contribution in [0.4, 0.5) is 34.1 Å². The van der Waals surface area contributed by atoms with E-state index in [4.69, 9.17) is 5.48 Å². The van der Waals surface area contributed by atoms with E-state index in [1.54, 1.807) is 4.57 Å². The van der Waals surface area contributed by atoms with Crippen molar-refractivity contribution in [3.63, 3.8) is 0 Å². The van der Waals surface area contributed by atoms with E-state index in [2.05, 4.69) is 273 Å². The summed E-state index contributed by atoms with van der Waals surface area (Å²) in [4.78, 5) is 4.76. The smallest absolute Gasteiger partial charge is 0.252 e. The molecule has 15 rings (SSSR count). The third-order valence-corrected chi connectivity index (χ3v) is 18.3. The zero-order valence-corrected chi connectivity index (χ0v) is 51.8. The van der Waals surface area contributed by atoms with Crippen LogP contribution in [0.5, 0.6) is 0 Å². The summed E-state index contributed by atoms with van der Waals surface area (Å²) < 4.78 is 77.5. The van der Waals surface area contributed by atoms with Crippen LogP contribution in [0, 0.1) is 0 Å². The third-order valence-electron chi connectivity index (χ3n) is 18.3. The highest BCUT2D eigenvalue weighted by molar-refractivity contribution is 7.00. The molecule has 4 nitrogen and oxygen atoms in total. The predicted octanol–water partition coefficient (Wildman–Crippen LogP) is 20.5. The second-order valence-corrected chi connectivity index (χ2v) is 28.1. The molecule has 87 heavy (non-hydrogen) atoms. The van der Waals surface area contributed by atoms with E-state index in [1.165, 1.54) is 33.0 Å². The third kappa shape index (κ3) is 8.94. The maximum Gasteiger partial charge on any atom is 0.252 e. The average Bonchev–Trinajstić information content (AvgIpc) is 1.71. The van der Waals surface area contributed by atoms with Gasteiger partial charge in [-0.15, -0.1) is 0 Å². The van der Waals surface area contributed by atoms with Crippen molar-refractivity contribution >= 4 is 101 Å². The van der Waals surface area contributed by atoms with Gasteiger partial charge in [0.2, 0.25) is 0 Å². The SMILES string of the molecule is [2H]c1c([2H])c([2H])c2c(c1[2H])c1c([2H])c([2H])c([2H])c([2H])c1n2-c1ccc2c(c1)N(c1ccc(-c3cc(C(C)(C)C)cc(C(C)(C)C)c3)cc1)c1cccc3c1B2c1ccc(-n2c4ccccc4c4ccccc42)cc1N3c1cccc(-c2cc(C(C)(C)C)cc(C(C)(C)C)c2)c1. The van der Waals surface area contributed by atoms with Crippen LogP contribution in [0.25, 0.3) is 77.2 Å². The number of fused-ring (bicyclic) bond motifs is 10. The Balaban J connectivity index is 1.02. The Kier molecular flexibility index (Phi) is 10.4. The minimum Gasteiger partial charge on any atom is -0.311 e. The van der Waals surface area contributed by atoms with E-state index in [1.807, 2.05) is 12.1 Å². The van der Waals surface area contributed by atoms with E-state index in [-0.39, 0.29) is 74.3 Å². The van der Waals surface area contributed by atoms with Gasteiger partial charge in [0.05, 0.1) is 33.0 Å². The lowest BCUT2D eigenvalue weighted by Gasteiger charge is -2.44. The van der Waals surface area contributed by atoms with Gasteiger partial charge in [0.25, 0.3) is 6.71 Å². The first-order valence-corrected chi connectivity index (χ1v) is 30.5. The molecule has 13 aromatic rings. The number of nitrogens with zero attached hydrogens (tertiary/aromatic N) is 4. The van der Waals surface area contributed by atoms with E-state index in [0.29, 0.717) is 5.69 Å². The monoisotopic (exact) mass is 1130 g/mol. The van der Waals surface area contributed by atoms with Crippen LogP contribution in [-0.2, 0) is 21.7 Å². The number of aromatic nitrogens is 2. The van der Waals surface area contributed by atoms with Crippen molar-refractivity contribution in [3.05, 3.63) is 259 Å². The van der Waals surface area contributed by atoms with Gasteiger partial charge in [-0.05, 0) is 167 Å². The molecule has 0 fully saturated rings. The second-order valence-electron chi connectivity index (χ2n) is 28.1. The maximum absolute atomic E-state index is 9.55. The molecule has 0 bridgehead atoms. The Bertz CT molecular complexity index is 5230. The Morgan fingerprint density at radius 1 is 0.299 bits per heavy atom. The normalized spacial score (nSPS) is 14.7. The lowest BCUT2D eigenvalue weighted by atomic mass is 9.33. The van der Waals surface area contributed by atoms with Crippen LogP contribution in [0.15, 0.2) is 236 Å². The van der Waals surface area contributed by atoms with E-state index in [9.17, 15) is 5.48 Å². The molecular formula is C82H75BN4. The van der Waals surface area contributed by atoms with Gasteiger partial charge < -0.3 is 18.9 Å². The van der Waals surface area contributed by atoms with Gasteiger partial charge in [-0.25, -0.2) is 0 Å². The summed E-state index contributed by atoms with van der Waals surface area (Å²) in [5, 5.41) is 2.40. The van der Waals surface area contributed by atoms with E-state index < -0.39 is 24.2 Å².